The maximum atomic E-state index is 12.1. The number of carbonyl (C=O) groups excluding carboxylic acids is 1. The second-order valence-corrected chi connectivity index (χ2v) is 6.18. The Morgan fingerprint density at radius 3 is 2.60 bits per heavy atom. The zero-order valence-corrected chi connectivity index (χ0v) is 14.8. The molecule has 128 valence electrons. The maximum absolute atomic E-state index is 12.1. The summed E-state index contributed by atoms with van der Waals surface area (Å²) in [6, 6.07) is 14.4. The Bertz CT molecular complexity index is 881. The molecule has 0 bridgehead atoms. The largest absolute Gasteiger partial charge is 0.452 e. The van der Waals surface area contributed by atoms with Gasteiger partial charge in [-0.2, -0.15) is 0 Å². The molecule has 1 heterocycles. The van der Waals surface area contributed by atoms with E-state index in [1.807, 2.05) is 30.3 Å². The molecule has 2 aromatic carbocycles. The molecular formula is C18H14Cl2N2O3. The Kier molecular flexibility index (Phi) is 5.36. The molecule has 0 aliphatic rings. The molecule has 0 fully saturated rings. The summed E-state index contributed by atoms with van der Waals surface area (Å²) in [6.45, 7) is 1.68. The van der Waals surface area contributed by atoms with Gasteiger partial charge in [0.1, 0.15) is 0 Å². The molecule has 0 aliphatic carbocycles. The monoisotopic (exact) mass is 376 g/mol. The molecule has 0 saturated heterocycles. The molecule has 0 saturated carbocycles. The lowest BCUT2D eigenvalue weighted by atomic mass is 10.1. The fourth-order valence-corrected chi connectivity index (χ4v) is 2.52. The molecular weight excluding hydrogens is 363 g/mol. The van der Waals surface area contributed by atoms with Crippen LogP contribution in [0.4, 0.5) is 0 Å². The topological polar surface area (TPSA) is 65.2 Å². The second-order valence-electron chi connectivity index (χ2n) is 5.37. The summed E-state index contributed by atoms with van der Waals surface area (Å²) in [4.78, 5) is 12.1. The highest BCUT2D eigenvalue weighted by atomic mass is 35.5. The predicted octanol–water partition coefficient (Wildman–Crippen LogP) is 4.89. The van der Waals surface area contributed by atoms with Crippen LogP contribution in [0.15, 0.2) is 52.9 Å². The Labute approximate surface area is 154 Å². The molecule has 7 heteroatoms. The van der Waals surface area contributed by atoms with E-state index in [0.717, 1.165) is 5.56 Å². The molecule has 0 aliphatic heterocycles. The highest BCUT2D eigenvalue weighted by Gasteiger charge is 2.19. The van der Waals surface area contributed by atoms with Gasteiger partial charge in [-0.1, -0.05) is 47.5 Å². The van der Waals surface area contributed by atoms with Crippen molar-refractivity contribution in [1.82, 2.24) is 10.2 Å². The van der Waals surface area contributed by atoms with E-state index in [0.29, 0.717) is 21.5 Å². The lowest BCUT2D eigenvalue weighted by Gasteiger charge is -2.09. The molecule has 0 N–H and O–H groups in total. The number of rotatable bonds is 5. The van der Waals surface area contributed by atoms with E-state index in [9.17, 15) is 4.79 Å². The standard InChI is InChI=1S/C18H14Cl2N2O3/c1-11(17-21-22-18(25-17)13-5-3-2-4-6-13)24-16(23)10-12-7-8-14(19)15(20)9-12/h2-9,11H,10H2,1H3/t11-/m0/s1. The van der Waals surface area contributed by atoms with Crippen LogP contribution < -0.4 is 0 Å². The number of aromatic nitrogens is 2. The normalized spacial score (nSPS) is 12.0. The van der Waals surface area contributed by atoms with Gasteiger partial charge >= 0.3 is 5.97 Å². The van der Waals surface area contributed by atoms with Crippen molar-refractivity contribution < 1.29 is 13.9 Å². The van der Waals surface area contributed by atoms with Crippen molar-refractivity contribution in [1.29, 1.82) is 0 Å². The molecule has 3 rings (SSSR count). The molecule has 25 heavy (non-hydrogen) atoms. The average molecular weight is 377 g/mol. The number of ether oxygens (including phenoxy) is 1. The average Bonchev–Trinajstić information content (AvgIpc) is 3.09. The van der Waals surface area contributed by atoms with Gasteiger partial charge in [0.25, 0.3) is 5.89 Å². The van der Waals surface area contributed by atoms with Crippen molar-refractivity contribution in [2.75, 3.05) is 0 Å². The third-order valence-corrected chi connectivity index (χ3v) is 4.19. The molecule has 1 aromatic heterocycles. The zero-order chi connectivity index (χ0) is 17.8. The SMILES string of the molecule is C[C@H](OC(=O)Cc1ccc(Cl)c(Cl)c1)c1nnc(-c2ccccc2)o1. The van der Waals surface area contributed by atoms with Gasteiger partial charge in [0.2, 0.25) is 5.89 Å². The molecule has 3 aromatic rings. The van der Waals surface area contributed by atoms with E-state index in [4.69, 9.17) is 32.4 Å². The number of hydrogen-bond acceptors (Lipinski definition) is 5. The van der Waals surface area contributed by atoms with Crippen molar-refractivity contribution in [3.05, 3.63) is 70.0 Å². The van der Waals surface area contributed by atoms with Crippen LogP contribution in [0.5, 0.6) is 0 Å². The maximum Gasteiger partial charge on any atom is 0.311 e. The third-order valence-electron chi connectivity index (χ3n) is 3.45. The van der Waals surface area contributed by atoms with E-state index in [1.54, 1.807) is 25.1 Å². The molecule has 0 unspecified atom stereocenters. The summed E-state index contributed by atoms with van der Waals surface area (Å²) >= 11 is 11.8. The summed E-state index contributed by atoms with van der Waals surface area (Å²) in [5.74, 6) is 0.190. The Morgan fingerprint density at radius 1 is 1.12 bits per heavy atom. The summed E-state index contributed by atoms with van der Waals surface area (Å²) in [6.07, 6.45) is -0.582. The minimum atomic E-state index is -0.653. The van der Waals surface area contributed by atoms with Gasteiger partial charge in [-0.05, 0) is 36.8 Å². The van der Waals surface area contributed by atoms with Gasteiger partial charge in [-0.15, -0.1) is 10.2 Å². The van der Waals surface area contributed by atoms with Gasteiger partial charge in [-0.3, -0.25) is 4.79 Å². The van der Waals surface area contributed by atoms with E-state index in [2.05, 4.69) is 10.2 Å². The molecule has 0 amide bonds. The van der Waals surface area contributed by atoms with Gasteiger partial charge in [0.15, 0.2) is 6.10 Å². The van der Waals surface area contributed by atoms with Gasteiger partial charge in [-0.25, -0.2) is 0 Å². The fraction of sp³-hybridized carbons (Fsp3) is 0.167. The van der Waals surface area contributed by atoms with Crippen LogP contribution in [-0.2, 0) is 16.0 Å². The van der Waals surface area contributed by atoms with Crippen LogP contribution in [0.1, 0.15) is 24.5 Å². The van der Waals surface area contributed by atoms with Gasteiger partial charge < -0.3 is 9.15 Å². The summed E-state index contributed by atoms with van der Waals surface area (Å²) in [5.41, 5.74) is 1.51. The van der Waals surface area contributed by atoms with Crippen molar-refractivity contribution in [2.45, 2.75) is 19.4 Å². The first-order chi connectivity index (χ1) is 12.0. The van der Waals surface area contributed by atoms with E-state index >= 15 is 0 Å². The first kappa shape index (κ1) is 17.5. The molecule has 0 radical (unpaired) electrons. The van der Waals surface area contributed by atoms with Gasteiger partial charge in [0, 0.05) is 5.56 Å². The second kappa shape index (κ2) is 7.68. The van der Waals surface area contributed by atoms with Crippen LogP contribution in [0.2, 0.25) is 10.0 Å². The van der Waals surface area contributed by atoms with Crippen LogP contribution in [0.3, 0.4) is 0 Å². The Hall–Kier alpha value is -2.37. The summed E-state index contributed by atoms with van der Waals surface area (Å²) in [5, 5.41) is 8.76. The number of halogens is 2. The van der Waals surface area contributed by atoms with Crippen molar-refractivity contribution in [3.8, 4) is 11.5 Å². The fourth-order valence-electron chi connectivity index (χ4n) is 2.20. The highest BCUT2D eigenvalue weighted by molar-refractivity contribution is 6.42. The minimum Gasteiger partial charge on any atom is -0.452 e. The molecule has 0 spiro atoms. The minimum absolute atomic E-state index is 0.0703. The van der Waals surface area contributed by atoms with E-state index in [-0.39, 0.29) is 12.3 Å². The van der Waals surface area contributed by atoms with Crippen LogP contribution in [0, 0.1) is 0 Å². The molecule has 1 atom stereocenters. The van der Waals surface area contributed by atoms with Crippen LogP contribution in [-0.4, -0.2) is 16.2 Å². The number of nitrogens with zero attached hydrogens (tertiary/aromatic N) is 2. The number of benzene rings is 2. The Morgan fingerprint density at radius 2 is 1.88 bits per heavy atom. The van der Waals surface area contributed by atoms with Crippen molar-refractivity contribution in [3.63, 3.8) is 0 Å². The number of carbonyl (C=O) groups is 1. The first-order valence-corrected chi connectivity index (χ1v) is 8.31. The third kappa shape index (κ3) is 4.38. The lowest BCUT2D eigenvalue weighted by molar-refractivity contribution is -0.148. The van der Waals surface area contributed by atoms with Gasteiger partial charge in [0.05, 0.1) is 16.5 Å². The first-order valence-electron chi connectivity index (χ1n) is 7.55. The van der Waals surface area contributed by atoms with Crippen LogP contribution >= 0.6 is 23.2 Å². The van der Waals surface area contributed by atoms with Crippen molar-refractivity contribution in [2.24, 2.45) is 0 Å². The van der Waals surface area contributed by atoms with E-state index in [1.165, 1.54) is 0 Å². The highest BCUT2D eigenvalue weighted by Crippen LogP contribution is 2.24. The van der Waals surface area contributed by atoms with Crippen molar-refractivity contribution >= 4 is 29.2 Å². The summed E-state index contributed by atoms with van der Waals surface area (Å²) in [7, 11) is 0. The lowest BCUT2D eigenvalue weighted by Crippen LogP contribution is -2.11. The summed E-state index contributed by atoms with van der Waals surface area (Å²) < 4.78 is 10.9. The smallest absolute Gasteiger partial charge is 0.311 e. The van der Waals surface area contributed by atoms with Crippen LogP contribution in [0.25, 0.3) is 11.5 Å². The number of esters is 1. The van der Waals surface area contributed by atoms with E-state index < -0.39 is 12.1 Å². The molecule has 5 nitrogen and oxygen atoms in total. The number of hydrogen-bond donors (Lipinski definition) is 0. The quantitative estimate of drug-likeness (QED) is 0.593. The Balaban J connectivity index is 1.63. The predicted molar refractivity (Wildman–Crippen MR) is 94.4 cm³/mol. The zero-order valence-electron chi connectivity index (χ0n) is 13.3.